The molecule has 0 aliphatic rings. The zero-order chi connectivity index (χ0) is 19.5. The van der Waals surface area contributed by atoms with Crippen LogP contribution >= 0.6 is 11.6 Å². The average Bonchev–Trinajstić information content (AvgIpc) is 3.34. The molecular weight excluding hydrogens is 382 g/mol. The number of carbonyl (C=O) groups is 1. The Kier molecular flexibility index (Phi) is 4.86. The standard InChI is InChI=1S/C19H14ClN5O3/c1-12-17(23-25(22-12)15-5-3-2-4-6-15)19(26)27-11-16-21-18(24-28-16)13-7-9-14(20)10-8-13/h2-10H,11H2,1H3. The fourth-order valence-corrected chi connectivity index (χ4v) is 2.60. The van der Waals surface area contributed by atoms with Crippen molar-refractivity contribution in [2.24, 2.45) is 0 Å². The highest BCUT2D eigenvalue weighted by molar-refractivity contribution is 6.30. The highest BCUT2D eigenvalue weighted by Gasteiger charge is 2.19. The molecule has 0 amide bonds. The summed E-state index contributed by atoms with van der Waals surface area (Å²) in [5.74, 6) is -0.0637. The molecule has 140 valence electrons. The van der Waals surface area contributed by atoms with Crippen LogP contribution in [0.4, 0.5) is 0 Å². The summed E-state index contributed by atoms with van der Waals surface area (Å²) < 4.78 is 10.4. The number of rotatable bonds is 5. The van der Waals surface area contributed by atoms with Gasteiger partial charge in [0, 0.05) is 10.6 Å². The SMILES string of the molecule is Cc1nn(-c2ccccc2)nc1C(=O)OCc1nc(-c2ccc(Cl)cc2)no1. The van der Waals surface area contributed by atoms with Gasteiger partial charge in [0.1, 0.15) is 0 Å². The van der Waals surface area contributed by atoms with Crippen molar-refractivity contribution < 1.29 is 14.1 Å². The van der Waals surface area contributed by atoms with Crippen LogP contribution in [0.25, 0.3) is 17.1 Å². The van der Waals surface area contributed by atoms with Gasteiger partial charge >= 0.3 is 5.97 Å². The highest BCUT2D eigenvalue weighted by atomic mass is 35.5. The van der Waals surface area contributed by atoms with Gasteiger partial charge in [-0.05, 0) is 43.3 Å². The summed E-state index contributed by atoms with van der Waals surface area (Å²) >= 11 is 5.87. The van der Waals surface area contributed by atoms with E-state index in [4.69, 9.17) is 20.9 Å². The van der Waals surface area contributed by atoms with Crippen LogP contribution in [0.1, 0.15) is 22.1 Å². The zero-order valence-corrected chi connectivity index (χ0v) is 15.5. The third kappa shape index (κ3) is 3.77. The van der Waals surface area contributed by atoms with E-state index in [0.717, 1.165) is 11.3 Å². The highest BCUT2D eigenvalue weighted by Crippen LogP contribution is 2.19. The number of para-hydroxylation sites is 1. The van der Waals surface area contributed by atoms with Crippen molar-refractivity contribution in [3.63, 3.8) is 0 Å². The maximum Gasteiger partial charge on any atom is 0.361 e. The molecule has 4 aromatic rings. The number of halogens is 1. The van der Waals surface area contributed by atoms with Gasteiger partial charge in [-0.25, -0.2) is 4.79 Å². The fourth-order valence-electron chi connectivity index (χ4n) is 2.47. The lowest BCUT2D eigenvalue weighted by Gasteiger charge is -1.99. The number of hydrogen-bond acceptors (Lipinski definition) is 7. The molecule has 8 nitrogen and oxygen atoms in total. The summed E-state index contributed by atoms with van der Waals surface area (Å²) in [7, 11) is 0. The van der Waals surface area contributed by atoms with E-state index in [1.54, 1.807) is 31.2 Å². The van der Waals surface area contributed by atoms with Gasteiger partial charge < -0.3 is 9.26 Å². The Morgan fingerprint density at radius 2 is 1.86 bits per heavy atom. The Hall–Kier alpha value is -3.52. The van der Waals surface area contributed by atoms with E-state index in [2.05, 4.69) is 20.3 Å². The van der Waals surface area contributed by atoms with Gasteiger partial charge in [0.25, 0.3) is 5.89 Å². The van der Waals surface area contributed by atoms with E-state index in [1.807, 2.05) is 30.3 Å². The third-order valence-electron chi connectivity index (χ3n) is 3.86. The molecule has 4 rings (SSSR count). The van der Waals surface area contributed by atoms with Crippen LogP contribution in [0.3, 0.4) is 0 Å². The van der Waals surface area contributed by atoms with Gasteiger partial charge in [0.2, 0.25) is 5.82 Å². The lowest BCUT2D eigenvalue weighted by atomic mass is 10.2. The molecule has 28 heavy (non-hydrogen) atoms. The molecule has 0 aliphatic heterocycles. The summed E-state index contributed by atoms with van der Waals surface area (Å²) in [6.07, 6.45) is 0. The second-order valence-electron chi connectivity index (χ2n) is 5.85. The van der Waals surface area contributed by atoms with Gasteiger partial charge in [0.15, 0.2) is 12.3 Å². The van der Waals surface area contributed by atoms with Crippen LogP contribution in [0, 0.1) is 6.92 Å². The number of aryl methyl sites for hydroxylation is 1. The molecule has 0 saturated heterocycles. The van der Waals surface area contributed by atoms with Gasteiger partial charge in [-0.1, -0.05) is 35.0 Å². The second kappa shape index (κ2) is 7.61. The Bertz CT molecular complexity index is 1110. The van der Waals surface area contributed by atoms with Crippen molar-refractivity contribution in [2.75, 3.05) is 0 Å². The first kappa shape index (κ1) is 17.9. The molecule has 0 unspecified atom stereocenters. The van der Waals surface area contributed by atoms with Crippen molar-refractivity contribution in [2.45, 2.75) is 13.5 Å². The fraction of sp³-hybridized carbons (Fsp3) is 0.105. The van der Waals surface area contributed by atoms with Crippen LogP contribution in [0.5, 0.6) is 0 Å². The van der Waals surface area contributed by atoms with E-state index >= 15 is 0 Å². The molecule has 0 N–H and O–H groups in total. The number of carbonyl (C=O) groups excluding carboxylic acids is 1. The number of aromatic nitrogens is 5. The van der Waals surface area contributed by atoms with Crippen LogP contribution in [-0.2, 0) is 11.3 Å². The smallest absolute Gasteiger partial charge is 0.361 e. The predicted molar refractivity (Wildman–Crippen MR) is 100.0 cm³/mol. The summed E-state index contributed by atoms with van der Waals surface area (Å²) in [5.41, 5.74) is 2.07. The topological polar surface area (TPSA) is 95.9 Å². The number of esters is 1. The minimum absolute atomic E-state index is 0.126. The van der Waals surface area contributed by atoms with E-state index in [9.17, 15) is 4.79 Å². The van der Waals surface area contributed by atoms with E-state index in [1.165, 1.54) is 4.80 Å². The lowest BCUT2D eigenvalue weighted by Crippen LogP contribution is -2.08. The quantitative estimate of drug-likeness (QED) is 0.476. The monoisotopic (exact) mass is 395 g/mol. The molecule has 2 aromatic heterocycles. The first-order valence-corrected chi connectivity index (χ1v) is 8.73. The Morgan fingerprint density at radius 3 is 2.61 bits per heavy atom. The van der Waals surface area contributed by atoms with Crippen LogP contribution in [0.2, 0.25) is 5.02 Å². The van der Waals surface area contributed by atoms with E-state index in [-0.39, 0.29) is 18.2 Å². The Balaban J connectivity index is 1.44. The van der Waals surface area contributed by atoms with Crippen molar-refractivity contribution >= 4 is 17.6 Å². The van der Waals surface area contributed by atoms with E-state index in [0.29, 0.717) is 16.5 Å². The molecular formula is C19H14ClN5O3. The van der Waals surface area contributed by atoms with Crippen molar-refractivity contribution in [3.05, 3.63) is 76.9 Å². The molecule has 2 heterocycles. The first-order valence-electron chi connectivity index (χ1n) is 8.35. The lowest BCUT2D eigenvalue weighted by molar-refractivity contribution is 0.0421. The Labute approximate surface area is 164 Å². The van der Waals surface area contributed by atoms with Crippen molar-refractivity contribution in [3.8, 4) is 17.1 Å². The minimum atomic E-state index is -0.620. The predicted octanol–water partition coefficient (Wildman–Crippen LogP) is 3.64. The number of benzene rings is 2. The van der Waals surface area contributed by atoms with Crippen molar-refractivity contribution in [1.82, 2.24) is 25.1 Å². The van der Waals surface area contributed by atoms with Gasteiger partial charge in [0.05, 0.1) is 11.4 Å². The summed E-state index contributed by atoms with van der Waals surface area (Å²) in [5, 5.41) is 12.9. The second-order valence-corrected chi connectivity index (χ2v) is 6.29. The van der Waals surface area contributed by atoms with Gasteiger partial charge in [-0.2, -0.15) is 14.9 Å². The molecule has 0 saturated carbocycles. The van der Waals surface area contributed by atoms with Crippen LogP contribution < -0.4 is 0 Å². The molecule has 0 aliphatic carbocycles. The normalized spacial score (nSPS) is 10.8. The minimum Gasteiger partial charge on any atom is -0.451 e. The molecule has 0 spiro atoms. The number of nitrogens with zero attached hydrogens (tertiary/aromatic N) is 5. The molecule has 0 fully saturated rings. The number of ether oxygens (including phenoxy) is 1. The molecule has 0 radical (unpaired) electrons. The van der Waals surface area contributed by atoms with E-state index < -0.39 is 5.97 Å². The largest absolute Gasteiger partial charge is 0.451 e. The van der Waals surface area contributed by atoms with Crippen molar-refractivity contribution in [1.29, 1.82) is 0 Å². The molecule has 9 heteroatoms. The molecule has 2 aromatic carbocycles. The maximum atomic E-state index is 12.4. The Morgan fingerprint density at radius 1 is 1.11 bits per heavy atom. The summed E-state index contributed by atoms with van der Waals surface area (Å²) in [6.45, 7) is 1.52. The third-order valence-corrected chi connectivity index (χ3v) is 4.11. The summed E-state index contributed by atoms with van der Waals surface area (Å²) in [4.78, 5) is 18.0. The molecule has 0 atom stereocenters. The average molecular weight is 396 g/mol. The van der Waals surface area contributed by atoms with Gasteiger partial charge in [-0.3, -0.25) is 0 Å². The summed E-state index contributed by atoms with van der Waals surface area (Å²) in [6, 6.07) is 16.3. The number of hydrogen-bond donors (Lipinski definition) is 0. The van der Waals surface area contributed by atoms with Crippen LogP contribution in [-0.4, -0.2) is 31.1 Å². The first-order chi connectivity index (χ1) is 13.6. The molecule has 0 bridgehead atoms. The zero-order valence-electron chi connectivity index (χ0n) is 14.7. The van der Waals surface area contributed by atoms with Gasteiger partial charge in [-0.15, -0.1) is 5.10 Å². The maximum absolute atomic E-state index is 12.4. The van der Waals surface area contributed by atoms with Crippen LogP contribution in [0.15, 0.2) is 59.1 Å².